The van der Waals surface area contributed by atoms with E-state index < -0.39 is 8.38 Å². The molecule has 224 valence electrons. The maximum Gasteiger partial charge on any atom is 0.308 e. The minimum atomic E-state index is -0.995. The highest BCUT2D eigenvalue weighted by Gasteiger charge is 2.11. The highest BCUT2D eigenvalue weighted by molar-refractivity contribution is 7.46. The number of allylic oxidation sites excluding steroid dienone is 8. The van der Waals surface area contributed by atoms with Crippen LogP contribution in [0.25, 0.3) is 0 Å². The van der Waals surface area contributed by atoms with Crippen molar-refractivity contribution in [3.63, 3.8) is 0 Å². The summed E-state index contributed by atoms with van der Waals surface area (Å²) in [5, 5.41) is 2.79. The number of ether oxygens (including phenoxy) is 1. The van der Waals surface area contributed by atoms with Crippen molar-refractivity contribution in [3.05, 3.63) is 48.6 Å². The molecule has 1 amide bonds. The molecule has 0 rings (SSSR count). The summed E-state index contributed by atoms with van der Waals surface area (Å²) < 4.78 is 17.2. The summed E-state index contributed by atoms with van der Waals surface area (Å²) in [7, 11) is 5.32. The Balaban J connectivity index is 3.59. The largest absolute Gasteiger partial charge is 0.464 e. The Morgan fingerprint density at radius 3 is 1.90 bits per heavy atom. The van der Waals surface area contributed by atoms with Crippen molar-refractivity contribution < 1.29 is 27.9 Å². The van der Waals surface area contributed by atoms with Crippen LogP contribution in [0.15, 0.2) is 48.6 Å². The minimum Gasteiger partial charge on any atom is -0.464 e. The van der Waals surface area contributed by atoms with Crippen molar-refractivity contribution in [3.8, 4) is 0 Å². The van der Waals surface area contributed by atoms with Gasteiger partial charge < -0.3 is 23.6 Å². The normalized spacial score (nSPS) is 13.3. The van der Waals surface area contributed by atoms with Crippen LogP contribution in [0.2, 0.25) is 0 Å². The third-order valence-corrected chi connectivity index (χ3v) is 6.63. The second-order valence-corrected chi connectivity index (χ2v) is 11.8. The smallest absolute Gasteiger partial charge is 0.308 e. The number of likely N-dealkylation sites (N-methyl/N-ethyl adjacent to an activating group) is 1. The van der Waals surface area contributed by atoms with E-state index in [0.29, 0.717) is 19.6 Å². The van der Waals surface area contributed by atoms with Gasteiger partial charge in [0.15, 0.2) is 8.38 Å². The van der Waals surface area contributed by atoms with Gasteiger partial charge in [-0.1, -0.05) is 68.4 Å². The van der Waals surface area contributed by atoms with Crippen LogP contribution in [0.1, 0.15) is 77.6 Å². The van der Waals surface area contributed by atoms with Crippen molar-refractivity contribution in [2.45, 2.75) is 77.6 Å². The second-order valence-electron chi connectivity index (χ2n) is 10.4. The lowest BCUT2D eigenvalue weighted by molar-refractivity contribution is -0.870. The molecule has 8 heteroatoms. The molecule has 0 aliphatic rings. The molecule has 0 bridgehead atoms. The molecule has 0 spiro atoms. The van der Waals surface area contributed by atoms with E-state index in [4.69, 9.17) is 13.8 Å². The van der Waals surface area contributed by atoms with Gasteiger partial charge in [0, 0.05) is 13.1 Å². The molecule has 0 radical (unpaired) electrons. The first-order valence-corrected chi connectivity index (χ1v) is 16.2. The van der Waals surface area contributed by atoms with E-state index in [1.165, 1.54) is 25.7 Å². The molecular weight excluding hydrogens is 511 g/mol. The molecule has 1 unspecified atom stereocenters. The number of nitrogens with zero attached hydrogens (tertiary/aromatic N) is 1. The molecular formula is C31H56N2O5P+. The summed E-state index contributed by atoms with van der Waals surface area (Å²) >= 11 is 0. The number of carbonyl (C=O) groups is 2. The molecule has 0 fully saturated rings. The van der Waals surface area contributed by atoms with Crippen LogP contribution in [-0.2, 0) is 23.4 Å². The van der Waals surface area contributed by atoms with Gasteiger partial charge in [-0.25, -0.2) is 0 Å². The summed E-state index contributed by atoms with van der Waals surface area (Å²) in [5.74, 6) is -0.354. The monoisotopic (exact) mass is 567 g/mol. The summed E-state index contributed by atoms with van der Waals surface area (Å²) in [6.45, 7) is 6.40. The van der Waals surface area contributed by atoms with E-state index in [1.807, 2.05) is 6.66 Å². The molecule has 0 aromatic rings. The van der Waals surface area contributed by atoms with Crippen molar-refractivity contribution in [1.29, 1.82) is 0 Å². The topological polar surface area (TPSA) is 73.9 Å². The van der Waals surface area contributed by atoms with E-state index in [1.54, 1.807) is 0 Å². The number of hydrogen-bond acceptors (Lipinski definition) is 5. The van der Waals surface area contributed by atoms with Gasteiger partial charge in [0.1, 0.15) is 19.8 Å². The van der Waals surface area contributed by atoms with Crippen LogP contribution in [0, 0.1) is 0 Å². The second kappa shape index (κ2) is 26.4. The van der Waals surface area contributed by atoms with Crippen molar-refractivity contribution in [1.82, 2.24) is 5.32 Å². The Hall–Kier alpha value is -1.79. The lowest BCUT2D eigenvalue weighted by atomic mass is 10.2. The molecule has 0 aromatic carbocycles. The molecule has 0 aliphatic heterocycles. The molecule has 0 aliphatic carbocycles. The van der Waals surface area contributed by atoms with Crippen molar-refractivity contribution in [2.75, 3.05) is 60.7 Å². The molecule has 0 aromatic heterocycles. The Kier molecular flexibility index (Phi) is 25.2. The van der Waals surface area contributed by atoms with Crippen molar-refractivity contribution >= 4 is 20.3 Å². The Morgan fingerprint density at radius 1 is 0.744 bits per heavy atom. The molecule has 0 heterocycles. The predicted molar refractivity (Wildman–Crippen MR) is 165 cm³/mol. The number of amides is 1. The standard InChI is InChI=1S/C31H55N2O5P/c1-6-7-8-9-10-11-12-13-14-15-16-17-18-19-20-21-22-23-30(34)32-25-28-36-31(35)24-27-37-39(5)38-29-26-33(2,3)4/h10-11,13-14,16-17,19-20H,6-9,12,15,18,21-29H2,1-5H3/p+1/b11-10-,14-13-,17-16-,20-19-. The van der Waals surface area contributed by atoms with Crippen LogP contribution in [0.5, 0.6) is 0 Å². The first-order valence-electron chi connectivity index (χ1n) is 14.6. The zero-order chi connectivity index (χ0) is 29.0. The first-order chi connectivity index (χ1) is 18.7. The fraction of sp³-hybridized carbons (Fsp3) is 0.677. The van der Waals surface area contributed by atoms with E-state index in [9.17, 15) is 9.59 Å². The van der Waals surface area contributed by atoms with E-state index in [2.05, 4.69) is 82.0 Å². The minimum absolute atomic E-state index is 0.0204. The molecule has 0 saturated heterocycles. The number of rotatable bonds is 25. The van der Waals surface area contributed by atoms with Gasteiger partial charge in [-0.15, -0.1) is 0 Å². The summed E-state index contributed by atoms with van der Waals surface area (Å²) in [5.41, 5.74) is 0. The van der Waals surface area contributed by atoms with Crippen LogP contribution in [0.3, 0.4) is 0 Å². The lowest BCUT2D eigenvalue weighted by Crippen LogP contribution is -2.37. The van der Waals surface area contributed by atoms with Gasteiger partial charge in [0.25, 0.3) is 0 Å². The van der Waals surface area contributed by atoms with Gasteiger partial charge in [0.2, 0.25) is 5.91 Å². The molecule has 1 N–H and O–H groups in total. The van der Waals surface area contributed by atoms with E-state index in [0.717, 1.165) is 43.1 Å². The summed E-state index contributed by atoms with van der Waals surface area (Å²) in [4.78, 5) is 23.7. The lowest BCUT2D eigenvalue weighted by Gasteiger charge is -2.24. The fourth-order valence-electron chi connectivity index (χ4n) is 3.20. The average molecular weight is 568 g/mol. The molecule has 0 saturated carbocycles. The predicted octanol–water partition coefficient (Wildman–Crippen LogP) is 6.86. The van der Waals surface area contributed by atoms with Gasteiger partial charge in [-0.05, 0) is 44.9 Å². The fourth-order valence-corrected chi connectivity index (χ4v) is 3.96. The number of carbonyl (C=O) groups excluding carboxylic acids is 2. The highest BCUT2D eigenvalue weighted by Crippen LogP contribution is 2.33. The summed E-state index contributed by atoms with van der Waals surface area (Å²) in [6.07, 6.45) is 27.9. The maximum atomic E-state index is 11.9. The van der Waals surface area contributed by atoms with Crippen LogP contribution in [-0.4, -0.2) is 77.1 Å². The Bertz CT molecular complexity index is 729. The van der Waals surface area contributed by atoms with Gasteiger partial charge in [-0.2, -0.15) is 0 Å². The first kappa shape index (κ1) is 37.2. The Labute approximate surface area is 240 Å². The number of hydrogen-bond donors (Lipinski definition) is 1. The van der Waals surface area contributed by atoms with E-state index >= 15 is 0 Å². The third kappa shape index (κ3) is 30.6. The third-order valence-electron chi connectivity index (χ3n) is 5.53. The van der Waals surface area contributed by atoms with Crippen molar-refractivity contribution in [2.24, 2.45) is 0 Å². The number of unbranched alkanes of at least 4 members (excludes halogenated alkanes) is 4. The van der Waals surface area contributed by atoms with Crippen LogP contribution < -0.4 is 5.32 Å². The zero-order valence-corrected chi connectivity index (χ0v) is 26.3. The molecule has 7 nitrogen and oxygen atoms in total. The van der Waals surface area contributed by atoms with Crippen LogP contribution >= 0.6 is 8.38 Å². The average Bonchev–Trinajstić information content (AvgIpc) is 2.87. The summed E-state index contributed by atoms with van der Waals surface area (Å²) in [6, 6.07) is 0. The van der Waals surface area contributed by atoms with Crippen LogP contribution in [0.4, 0.5) is 0 Å². The number of nitrogens with one attached hydrogen (secondary N) is 1. The van der Waals surface area contributed by atoms with E-state index in [-0.39, 0.29) is 31.5 Å². The number of esters is 1. The molecule has 1 atom stereocenters. The SMILES string of the molecule is CCCCC/C=C\C/C=C\C/C=C\C/C=C\CCCC(=O)NCCOC(=O)CCOP(C)OCC[N+](C)(C)C. The quantitative estimate of drug-likeness (QED) is 0.0429. The highest BCUT2D eigenvalue weighted by atomic mass is 31.2. The Morgan fingerprint density at radius 2 is 1.31 bits per heavy atom. The molecule has 39 heavy (non-hydrogen) atoms. The maximum absolute atomic E-state index is 11.9. The van der Waals surface area contributed by atoms with Gasteiger partial charge in [0.05, 0.1) is 40.7 Å². The number of quaternary nitrogens is 1. The zero-order valence-electron chi connectivity index (χ0n) is 25.4. The van der Waals surface area contributed by atoms with Gasteiger partial charge in [-0.3, -0.25) is 9.59 Å². The van der Waals surface area contributed by atoms with Gasteiger partial charge >= 0.3 is 5.97 Å².